The Hall–Kier alpha value is -2.21. The highest BCUT2D eigenvalue weighted by Crippen LogP contribution is 2.61. The van der Waals surface area contributed by atoms with Crippen molar-refractivity contribution in [1.29, 1.82) is 0 Å². The summed E-state index contributed by atoms with van der Waals surface area (Å²) in [5, 5.41) is 9.15. The van der Waals surface area contributed by atoms with E-state index in [1.807, 2.05) is 30.3 Å². The van der Waals surface area contributed by atoms with Crippen LogP contribution < -0.4 is 10.9 Å². The van der Waals surface area contributed by atoms with Gasteiger partial charge in [0.15, 0.2) is 0 Å². The van der Waals surface area contributed by atoms with Crippen molar-refractivity contribution in [2.45, 2.75) is 46.2 Å². The smallest absolute Gasteiger partial charge is 0.283 e. The molecule has 0 radical (unpaired) electrons. The van der Waals surface area contributed by atoms with E-state index < -0.39 is 0 Å². The van der Waals surface area contributed by atoms with Gasteiger partial charge in [-0.25, -0.2) is 4.68 Å². The molecule has 3 fully saturated rings. The monoisotopic (exact) mass is 466 g/mol. The summed E-state index contributed by atoms with van der Waals surface area (Å²) in [6.07, 6.45) is 6.06. The van der Waals surface area contributed by atoms with Crippen LogP contribution in [-0.2, 0) is 6.54 Å². The molecule has 0 saturated heterocycles. The maximum absolute atomic E-state index is 13.0. The Bertz CT molecular complexity index is 1170. The Balaban J connectivity index is 1.39. The molecular formula is C24H27BrN4O. The number of hydrogen-bond donors (Lipinski definition) is 1. The molecule has 2 heterocycles. The fourth-order valence-corrected chi connectivity index (χ4v) is 6.09. The summed E-state index contributed by atoms with van der Waals surface area (Å²) in [5.41, 5.74) is 3.09. The minimum Gasteiger partial charge on any atom is -0.380 e. The van der Waals surface area contributed by atoms with E-state index in [0.717, 1.165) is 40.4 Å². The lowest BCUT2D eigenvalue weighted by atomic mass is 9.45. The summed E-state index contributed by atoms with van der Waals surface area (Å²) < 4.78 is 2.07. The van der Waals surface area contributed by atoms with E-state index in [0.29, 0.717) is 28.4 Å². The fourth-order valence-electron chi connectivity index (χ4n) is 5.67. The molecule has 2 bridgehead atoms. The summed E-state index contributed by atoms with van der Waals surface area (Å²) in [4.78, 5) is 17.4. The quantitative estimate of drug-likeness (QED) is 0.581. The summed E-state index contributed by atoms with van der Waals surface area (Å²) in [6.45, 7) is 7.56. The predicted octanol–water partition coefficient (Wildman–Crippen LogP) is 5.08. The second-order valence-electron chi connectivity index (χ2n) is 9.53. The molecule has 1 aromatic carbocycles. The van der Waals surface area contributed by atoms with E-state index in [4.69, 9.17) is 0 Å². The van der Waals surface area contributed by atoms with Crippen LogP contribution in [0.25, 0.3) is 10.9 Å². The molecule has 0 spiro atoms. The number of aromatic nitrogens is 3. The van der Waals surface area contributed by atoms with Crippen molar-refractivity contribution in [3.63, 3.8) is 0 Å². The van der Waals surface area contributed by atoms with Crippen LogP contribution >= 0.6 is 15.9 Å². The molecular weight excluding hydrogens is 440 g/mol. The topological polar surface area (TPSA) is 59.8 Å². The molecule has 3 aromatic rings. The van der Waals surface area contributed by atoms with Crippen LogP contribution in [0.5, 0.6) is 0 Å². The van der Waals surface area contributed by atoms with E-state index in [9.17, 15) is 4.79 Å². The third-order valence-electron chi connectivity index (χ3n) is 7.74. The van der Waals surface area contributed by atoms with Gasteiger partial charge in [-0.05, 0) is 69.6 Å². The van der Waals surface area contributed by atoms with Crippen molar-refractivity contribution in [2.75, 3.05) is 5.32 Å². The predicted molar refractivity (Wildman–Crippen MR) is 124 cm³/mol. The lowest BCUT2D eigenvalue weighted by Crippen LogP contribution is -2.58. The zero-order valence-corrected chi connectivity index (χ0v) is 19.2. The molecule has 2 aromatic heterocycles. The number of benzene rings is 1. The van der Waals surface area contributed by atoms with Crippen LogP contribution in [0.3, 0.4) is 0 Å². The Morgan fingerprint density at radius 2 is 2.03 bits per heavy atom. The largest absolute Gasteiger partial charge is 0.380 e. The minimum atomic E-state index is -0.116. The number of nitrogens with zero attached hydrogens (tertiary/aromatic N) is 3. The first-order valence-corrected chi connectivity index (χ1v) is 11.5. The summed E-state index contributed by atoms with van der Waals surface area (Å²) >= 11 is 3.54. The van der Waals surface area contributed by atoms with Gasteiger partial charge >= 0.3 is 0 Å². The first kappa shape index (κ1) is 19.7. The van der Waals surface area contributed by atoms with Gasteiger partial charge < -0.3 is 5.32 Å². The van der Waals surface area contributed by atoms with Crippen molar-refractivity contribution in [1.82, 2.24) is 14.8 Å². The van der Waals surface area contributed by atoms with Crippen LogP contribution in [0.1, 0.15) is 39.2 Å². The minimum absolute atomic E-state index is 0.116. The number of fused-ring (bicyclic) bond motifs is 3. The van der Waals surface area contributed by atoms with Gasteiger partial charge in [-0.3, -0.25) is 9.78 Å². The van der Waals surface area contributed by atoms with Gasteiger partial charge in [-0.2, -0.15) is 5.10 Å². The highest BCUT2D eigenvalue weighted by Gasteiger charge is 2.56. The standard InChI is InChI=1S/C24H27BrN4O/c1-14-18-10-16(24(18,2)3)11-20(14)28-21-12-27-29(23(30)22(21)25)13-15-8-9-26-19-7-5-4-6-17(15)19/h4-9,12,14,16,18,20,28H,10-11,13H2,1-3H3/t14-,16-,18+,20-/m1/s1. The average molecular weight is 467 g/mol. The van der Waals surface area contributed by atoms with E-state index in [1.54, 1.807) is 12.4 Å². The second kappa shape index (κ2) is 7.19. The van der Waals surface area contributed by atoms with Gasteiger partial charge in [-0.15, -0.1) is 0 Å². The van der Waals surface area contributed by atoms with Crippen LogP contribution in [0.2, 0.25) is 0 Å². The molecule has 5 nitrogen and oxygen atoms in total. The van der Waals surface area contributed by atoms with Gasteiger partial charge in [0.05, 0.1) is 23.9 Å². The van der Waals surface area contributed by atoms with Gasteiger partial charge in [-0.1, -0.05) is 39.0 Å². The number of nitrogens with one attached hydrogen (secondary N) is 1. The Kier molecular flexibility index (Phi) is 4.73. The van der Waals surface area contributed by atoms with Crippen LogP contribution in [0, 0.1) is 23.2 Å². The number of hydrogen-bond acceptors (Lipinski definition) is 4. The normalized spacial score (nSPS) is 26.9. The molecule has 3 aliphatic carbocycles. The molecule has 6 rings (SSSR count). The van der Waals surface area contributed by atoms with Crippen molar-refractivity contribution < 1.29 is 0 Å². The Morgan fingerprint density at radius 1 is 1.23 bits per heavy atom. The molecule has 0 amide bonds. The first-order chi connectivity index (χ1) is 14.4. The second-order valence-corrected chi connectivity index (χ2v) is 10.3. The van der Waals surface area contributed by atoms with Gasteiger partial charge in [0, 0.05) is 17.6 Å². The van der Waals surface area contributed by atoms with Gasteiger partial charge in [0.2, 0.25) is 0 Å². The number of pyridine rings is 1. The lowest BCUT2D eigenvalue weighted by molar-refractivity contribution is -0.105. The van der Waals surface area contributed by atoms with Crippen molar-refractivity contribution >= 4 is 32.5 Å². The highest BCUT2D eigenvalue weighted by atomic mass is 79.9. The molecule has 30 heavy (non-hydrogen) atoms. The first-order valence-electron chi connectivity index (χ1n) is 10.7. The van der Waals surface area contributed by atoms with Crippen LogP contribution in [-0.4, -0.2) is 20.8 Å². The third kappa shape index (κ3) is 3.08. The summed E-state index contributed by atoms with van der Waals surface area (Å²) in [6, 6.07) is 10.3. The fraction of sp³-hybridized carbons (Fsp3) is 0.458. The molecule has 6 heteroatoms. The van der Waals surface area contributed by atoms with Gasteiger partial charge in [0.1, 0.15) is 4.47 Å². The number of anilines is 1. The van der Waals surface area contributed by atoms with Crippen molar-refractivity contribution in [3.05, 3.63) is 63.1 Å². The average Bonchev–Trinajstić information content (AvgIpc) is 2.74. The third-order valence-corrected chi connectivity index (χ3v) is 8.51. The number of rotatable bonds is 4. The molecule has 156 valence electrons. The van der Waals surface area contributed by atoms with Crippen molar-refractivity contribution in [2.24, 2.45) is 23.2 Å². The summed E-state index contributed by atoms with van der Waals surface area (Å²) in [5.74, 6) is 2.10. The number of halogens is 1. The van der Waals surface area contributed by atoms with Gasteiger partial charge in [0.25, 0.3) is 5.56 Å². The summed E-state index contributed by atoms with van der Waals surface area (Å²) in [7, 11) is 0. The van der Waals surface area contributed by atoms with E-state index in [-0.39, 0.29) is 5.56 Å². The van der Waals surface area contributed by atoms with Crippen molar-refractivity contribution in [3.8, 4) is 0 Å². The highest BCUT2D eigenvalue weighted by molar-refractivity contribution is 9.10. The SMILES string of the molecule is C[C@H]1[C@H](Nc2cnn(Cc3ccnc4ccccc34)c(=O)c2Br)C[C@H]2C[C@@H]1C2(C)C. The molecule has 0 aliphatic heterocycles. The van der Waals surface area contributed by atoms with Crippen LogP contribution in [0.15, 0.2) is 52.0 Å². The molecule has 0 unspecified atom stereocenters. The molecule has 3 aliphatic rings. The maximum Gasteiger partial charge on any atom is 0.283 e. The Morgan fingerprint density at radius 3 is 2.80 bits per heavy atom. The molecule has 1 N–H and O–H groups in total. The maximum atomic E-state index is 13.0. The lowest BCUT2D eigenvalue weighted by Gasteiger charge is -2.62. The molecule has 4 atom stereocenters. The van der Waals surface area contributed by atoms with Crippen LogP contribution in [0.4, 0.5) is 5.69 Å². The van der Waals surface area contributed by atoms with E-state index >= 15 is 0 Å². The number of para-hydroxylation sites is 1. The Labute approximate surface area is 185 Å². The van der Waals surface area contributed by atoms with E-state index in [2.05, 4.69) is 52.1 Å². The zero-order valence-electron chi connectivity index (χ0n) is 17.6. The zero-order chi connectivity index (χ0) is 21.0. The molecule has 3 saturated carbocycles. The van der Waals surface area contributed by atoms with E-state index in [1.165, 1.54) is 11.1 Å².